The molecule has 0 aliphatic carbocycles. The number of rotatable bonds is 5. The Balaban J connectivity index is 1.57. The Bertz CT molecular complexity index is 824. The van der Waals surface area contributed by atoms with E-state index in [0.717, 1.165) is 5.56 Å². The summed E-state index contributed by atoms with van der Waals surface area (Å²) in [7, 11) is 0. The van der Waals surface area contributed by atoms with Crippen molar-refractivity contribution in [1.82, 2.24) is 16.2 Å². The highest BCUT2D eigenvalue weighted by molar-refractivity contribution is 5.82. The number of hydrazine groups is 1. The molecule has 0 spiro atoms. The summed E-state index contributed by atoms with van der Waals surface area (Å²) in [5, 5.41) is 13.3. The first kappa shape index (κ1) is 19.4. The Labute approximate surface area is 156 Å². The van der Waals surface area contributed by atoms with Gasteiger partial charge in [0.2, 0.25) is 5.91 Å². The van der Waals surface area contributed by atoms with Crippen molar-refractivity contribution in [3.8, 4) is 0 Å². The van der Waals surface area contributed by atoms with E-state index in [1.54, 1.807) is 26.0 Å². The molecule has 2 aromatic rings. The van der Waals surface area contributed by atoms with E-state index in [4.69, 9.17) is 0 Å². The number of aliphatic hydroxyl groups is 1. The average Bonchev–Trinajstić information content (AvgIpc) is 3.13. The first-order valence-electron chi connectivity index (χ1n) is 8.79. The molecule has 4 N–H and O–H groups in total. The molecule has 1 heterocycles. The van der Waals surface area contributed by atoms with Crippen LogP contribution in [0.3, 0.4) is 0 Å². The number of amides is 1. The monoisotopic (exact) mass is 375 g/mol. The Morgan fingerprint density at radius 3 is 2.59 bits per heavy atom. The van der Waals surface area contributed by atoms with Crippen LogP contribution in [-0.2, 0) is 10.4 Å². The molecule has 1 saturated heterocycles. The Morgan fingerprint density at radius 1 is 1.22 bits per heavy atom. The second kappa shape index (κ2) is 7.72. The summed E-state index contributed by atoms with van der Waals surface area (Å²) < 4.78 is 26.4. The second-order valence-corrected chi connectivity index (χ2v) is 7.14. The van der Waals surface area contributed by atoms with Gasteiger partial charge < -0.3 is 10.4 Å². The molecule has 27 heavy (non-hydrogen) atoms. The van der Waals surface area contributed by atoms with E-state index in [2.05, 4.69) is 16.2 Å². The maximum Gasteiger partial charge on any atom is 0.238 e. The van der Waals surface area contributed by atoms with Crippen molar-refractivity contribution in [3.63, 3.8) is 0 Å². The molecule has 1 fully saturated rings. The van der Waals surface area contributed by atoms with Crippen LogP contribution in [0.15, 0.2) is 42.5 Å². The van der Waals surface area contributed by atoms with Crippen molar-refractivity contribution in [2.75, 3.05) is 6.54 Å². The van der Waals surface area contributed by atoms with Crippen LogP contribution in [-0.4, -0.2) is 23.6 Å². The first-order chi connectivity index (χ1) is 12.8. The molecule has 144 valence electrons. The standard InChI is InChI=1S/C20H23F2N3O2/c1-12-9-13(3-8-16(12)22)17-10-18(25-24-17)19(26)23-11-20(2,27)14-4-6-15(21)7-5-14/h3-9,17-18,24-25,27H,10-11H2,1-2H3,(H,23,26). The third-order valence-electron chi connectivity index (χ3n) is 4.88. The molecule has 0 saturated carbocycles. The molecule has 5 nitrogen and oxygen atoms in total. The summed E-state index contributed by atoms with van der Waals surface area (Å²) in [5.41, 5.74) is 6.63. The van der Waals surface area contributed by atoms with E-state index in [9.17, 15) is 18.7 Å². The van der Waals surface area contributed by atoms with Crippen LogP contribution in [0.4, 0.5) is 8.78 Å². The third kappa shape index (κ3) is 4.50. The van der Waals surface area contributed by atoms with Crippen molar-refractivity contribution < 1.29 is 18.7 Å². The van der Waals surface area contributed by atoms with Crippen LogP contribution < -0.4 is 16.2 Å². The summed E-state index contributed by atoms with van der Waals surface area (Å²) in [6, 6.07) is 9.79. The van der Waals surface area contributed by atoms with Crippen LogP contribution in [0.1, 0.15) is 36.1 Å². The Kier molecular flexibility index (Phi) is 5.55. The van der Waals surface area contributed by atoms with Crippen LogP contribution >= 0.6 is 0 Å². The number of carbonyl (C=O) groups excluding carboxylic acids is 1. The summed E-state index contributed by atoms with van der Waals surface area (Å²) in [5.74, 6) is -0.907. The molecule has 1 aliphatic rings. The normalized spacial score (nSPS) is 21.7. The fourth-order valence-electron chi connectivity index (χ4n) is 3.12. The van der Waals surface area contributed by atoms with E-state index in [1.807, 2.05) is 0 Å². The Morgan fingerprint density at radius 2 is 1.93 bits per heavy atom. The number of halogens is 2. The van der Waals surface area contributed by atoms with Gasteiger partial charge in [-0.05, 0) is 55.2 Å². The van der Waals surface area contributed by atoms with Gasteiger partial charge in [0.25, 0.3) is 0 Å². The summed E-state index contributed by atoms with van der Waals surface area (Å²) in [6.07, 6.45) is 0.496. The SMILES string of the molecule is Cc1cc(C2CC(C(=O)NCC(C)(O)c3ccc(F)cc3)NN2)ccc1F. The van der Waals surface area contributed by atoms with Gasteiger partial charge in [-0.2, -0.15) is 0 Å². The van der Waals surface area contributed by atoms with Crippen LogP contribution in [0.2, 0.25) is 0 Å². The second-order valence-electron chi connectivity index (χ2n) is 7.14. The molecule has 1 aliphatic heterocycles. The summed E-state index contributed by atoms with van der Waals surface area (Å²) >= 11 is 0. The summed E-state index contributed by atoms with van der Waals surface area (Å²) in [6.45, 7) is 3.25. The summed E-state index contributed by atoms with van der Waals surface area (Å²) in [4.78, 5) is 12.4. The van der Waals surface area contributed by atoms with Gasteiger partial charge in [-0.25, -0.2) is 19.6 Å². The lowest BCUT2D eigenvalue weighted by Gasteiger charge is -2.25. The number of carbonyl (C=O) groups is 1. The van der Waals surface area contributed by atoms with Crippen LogP contribution in [0, 0.1) is 18.6 Å². The molecule has 3 rings (SSSR count). The van der Waals surface area contributed by atoms with Gasteiger partial charge >= 0.3 is 0 Å². The predicted molar refractivity (Wildman–Crippen MR) is 97.5 cm³/mol. The van der Waals surface area contributed by atoms with E-state index < -0.39 is 11.6 Å². The molecule has 3 atom stereocenters. The van der Waals surface area contributed by atoms with Crippen molar-refractivity contribution in [2.24, 2.45) is 0 Å². The molecule has 1 amide bonds. The van der Waals surface area contributed by atoms with Gasteiger partial charge in [0.05, 0.1) is 6.54 Å². The van der Waals surface area contributed by atoms with Crippen molar-refractivity contribution in [1.29, 1.82) is 0 Å². The minimum atomic E-state index is -1.32. The zero-order valence-electron chi connectivity index (χ0n) is 15.2. The number of hydrogen-bond donors (Lipinski definition) is 4. The van der Waals surface area contributed by atoms with Crippen molar-refractivity contribution in [3.05, 3.63) is 70.8 Å². The number of hydrogen-bond acceptors (Lipinski definition) is 4. The van der Waals surface area contributed by atoms with E-state index >= 15 is 0 Å². The predicted octanol–water partition coefficient (Wildman–Crippen LogP) is 2.20. The molecule has 2 aromatic carbocycles. The molecular formula is C20H23F2N3O2. The maximum absolute atomic E-state index is 13.4. The van der Waals surface area contributed by atoms with Crippen LogP contribution in [0.5, 0.6) is 0 Å². The van der Waals surface area contributed by atoms with Gasteiger partial charge in [-0.3, -0.25) is 4.79 Å². The quantitative estimate of drug-likeness (QED) is 0.647. The van der Waals surface area contributed by atoms with Gasteiger partial charge in [-0.1, -0.05) is 24.3 Å². The molecule has 0 radical (unpaired) electrons. The zero-order chi connectivity index (χ0) is 19.6. The fourth-order valence-corrected chi connectivity index (χ4v) is 3.12. The minimum Gasteiger partial charge on any atom is -0.384 e. The average molecular weight is 375 g/mol. The highest BCUT2D eigenvalue weighted by Crippen LogP contribution is 2.24. The van der Waals surface area contributed by atoms with Gasteiger partial charge in [0.15, 0.2) is 0 Å². The zero-order valence-corrected chi connectivity index (χ0v) is 15.2. The molecule has 0 aromatic heterocycles. The topological polar surface area (TPSA) is 73.4 Å². The smallest absolute Gasteiger partial charge is 0.238 e. The lowest BCUT2D eigenvalue weighted by molar-refractivity contribution is -0.124. The van der Waals surface area contributed by atoms with Gasteiger partial charge in [-0.15, -0.1) is 0 Å². The lowest BCUT2D eigenvalue weighted by Crippen LogP contribution is -2.47. The fraction of sp³-hybridized carbons (Fsp3) is 0.350. The van der Waals surface area contributed by atoms with Gasteiger partial charge in [0, 0.05) is 6.04 Å². The largest absolute Gasteiger partial charge is 0.384 e. The minimum absolute atomic E-state index is 0.00400. The lowest BCUT2D eigenvalue weighted by atomic mass is 9.95. The maximum atomic E-state index is 13.4. The van der Waals surface area contributed by atoms with E-state index in [1.165, 1.54) is 30.3 Å². The van der Waals surface area contributed by atoms with E-state index in [-0.39, 0.29) is 30.1 Å². The molecule has 0 bridgehead atoms. The molecular weight excluding hydrogens is 352 g/mol. The van der Waals surface area contributed by atoms with Crippen LogP contribution in [0.25, 0.3) is 0 Å². The third-order valence-corrected chi connectivity index (χ3v) is 4.88. The highest BCUT2D eigenvalue weighted by atomic mass is 19.1. The van der Waals surface area contributed by atoms with E-state index in [0.29, 0.717) is 17.5 Å². The Hall–Kier alpha value is -2.35. The van der Waals surface area contributed by atoms with Crippen molar-refractivity contribution >= 4 is 5.91 Å². The molecule has 3 unspecified atom stereocenters. The van der Waals surface area contributed by atoms with Gasteiger partial charge in [0.1, 0.15) is 23.3 Å². The van der Waals surface area contributed by atoms with Crippen molar-refractivity contribution in [2.45, 2.75) is 38.0 Å². The number of nitrogens with one attached hydrogen (secondary N) is 3. The molecule has 7 heteroatoms. The number of aryl methyl sites for hydroxylation is 1. The number of benzene rings is 2. The highest BCUT2D eigenvalue weighted by Gasteiger charge is 2.32. The first-order valence-corrected chi connectivity index (χ1v) is 8.79.